The molecular weight excluding hydrogens is 432 g/mol. The Morgan fingerprint density at radius 3 is 2.18 bits per heavy atom. The number of hydrogen-bond acceptors (Lipinski definition) is 2. The molecule has 0 spiro atoms. The molecule has 1 atom stereocenters. The minimum atomic E-state index is -0.636. The molecular formula is C28H31ClN2O2. The smallest absolute Gasteiger partial charge is 0.243 e. The van der Waals surface area contributed by atoms with Crippen LogP contribution in [-0.2, 0) is 29.0 Å². The van der Waals surface area contributed by atoms with Gasteiger partial charge in [0.25, 0.3) is 0 Å². The van der Waals surface area contributed by atoms with E-state index < -0.39 is 6.04 Å². The molecule has 5 heteroatoms. The van der Waals surface area contributed by atoms with Crippen molar-refractivity contribution in [3.05, 3.63) is 106 Å². The van der Waals surface area contributed by atoms with Crippen molar-refractivity contribution in [2.24, 2.45) is 0 Å². The second kappa shape index (κ2) is 11.7. The van der Waals surface area contributed by atoms with Crippen molar-refractivity contribution in [3.63, 3.8) is 0 Å². The van der Waals surface area contributed by atoms with E-state index in [1.54, 1.807) is 17.0 Å². The van der Waals surface area contributed by atoms with E-state index in [0.717, 1.165) is 22.3 Å². The highest BCUT2D eigenvalue weighted by molar-refractivity contribution is 6.30. The molecule has 0 aliphatic heterocycles. The van der Waals surface area contributed by atoms with Crippen molar-refractivity contribution in [2.75, 3.05) is 0 Å². The maximum absolute atomic E-state index is 13.6. The Hall–Kier alpha value is -3.11. The summed E-state index contributed by atoms with van der Waals surface area (Å²) in [6.07, 6.45) is 0.669. The first kappa shape index (κ1) is 24.5. The summed E-state index contributed by atoms with van der Waals surface area (Å²) >= 11 is 6.07. The van der Waals surface area contributed by atoms with Crippen LogP contribution in [0.4, 0.5) is 0 Å². The molecule has 0 fully saturated rings. The molecule has 172 valence electrons. The van der Waals surface area contributed by atoms with Gasteiger partial charge in [0.15, 0.2) is 0 Å². The Balaban J connectivity index is 1.96. The third kappa shape index (κ3) is 7.47. The molecule has 4 nitrogen and oxygen atoms in total. The van der Waals surface area contributed by atoms with Crippen molar-refractivity contribution in [2.45, 2.75) is 52.2 Å². The highest BCUT2D eigenvalue weighted by Crippen LogP contribution is 2.18. The molecule has 3 rings (SSSR count). The zero-order valence-corrected chi connectivity index (χ0v) is 20.2. The van der Waals surface area contributed by atoms with Crippen molar-refractivity contribution in [3.8, 4) is 0 Å². The maximum Gasteiger partial charge on any atom is 0.243 e. The number of aryl methyl sites for hydroxylation is 1. The zero-order valence-electron chi connectivity index (χ0n) is 19.4. The predicted octanol–water partition coefficient (Wildman–Crippen LogP) is 5.36. The Bertz CT molecular complexity index is 1060. The Morgan fingerprint density at radius 2 is 1.55 bits per heavy atom. The summed E-state index contributed by atoms with van der Waals surface area (Å²) < 4.78 is 0. The number of halogens is 1. The van der Waals surface area contributed by atoms with Crippen LogP contribution in [0.25, 0.3) is 0 Å². The molecule has 3 aromatic carbocycles. The summed E-state index contributed by atoms with van der Waals surface area (Å²) in [5, 5.41) is 3.65. The third-order valence-corrected chi connectivity index (χ3v) is 5.66. The monoisotopic (exact) mass is 462 g/mol. The fraction of sp³-hybridized carbons (Fsp3) is 0.286. The van der Waals surface area contributed by atoms with E-state index in [4.69, 9.17) is 11.6 Å². The lowest BCUT2D eigenvalue weighted by Gasteiger charge is -2.32. The van der Waals surface area contributed by atoms with Crippen LogP contribution < -0.4 is 5.32 Å². The SMILES string of the molecule is Cc1cccc(CC(=O)N(Cc2ccc(Cl)cc2)C(Cc2ccccc2)C(=O)NC(C)C)c1. The van der Waals surface area contributed by atoms with Crippen molar-refractivity contribution in [1.29, 1.82) is 0 Å². The van der Waals surface area contributed by atoms with Crippen LogP contribution in [0, 0.1) is 6.92 Å². The van der Waals surface area contributed by atoms with Gasteiger partial charge in [-0.05, 0) is 49.6 Å². The number of nitrogens with one attached hydrogen (secondary N) is 1. The van der Waals surface area contributed by atoms with E-state index in [9.17, 15) is 9.59 Å². The molecule has 2 amide bonds. The van der Waals surface area contributed by atoms with E-state index in [1.807, 2.05) is 87.5 Å². The minimum absolute atomic E-state index is 0.0277. The lowest BCUT2D eigenvalue weighted by atomic mass is 10.0. The molecule has 0 aliphatic rings. The fourth-order valence-corrected chi connectivity index (χ4v) is 3.95. The first-order valence-electron chi connectivity index (χ1n) is 11.3. The number of amides is 2. The van der Waals surface area contributed by atoms with Gasteiger partial charge in [-0.1, -0.05) is 83.9 Å². The lowest BCUT2D eigenvalue weighted by Crippen LogP contribution is -2.52. The quantitative estimate of drug-likeness (QED) is 0.465. The van der Waals surface area contributed by atoms with Gasteiger partial charge >= 0.3 is 0 Å². The van der Waals surface area contributed by atoms with Gasteiger partial charge in [0.2, 0.25) is 11.8 Å². The molecule has 0 bridgehead atoms. The largest absolute Gasteiger partial charge is 0.352 e. The number of nitrogens with zero attached hydrogens (tertiary/aromatic N) is 1. The van der Waals surface area contributed by atoms with Gasteiger partial charge in [0.1, 0.15) is 6.04 Å². The van der Waals surface area contributed by atoms with Gasteiger partial charge in [-0.2, -0.15) is 0 Å². The Morgan fingerprint density at radius 1 is 0.879 bits per heavy atom. The van der Waals surface area contributed by atoms with Crippen LogP contribution in [0.1, 0.15) is 36.1 Å². The third-order valence-electron chi connectivity index (χ3n) is 5.41. The van der Waals surface area contributed by atoms with Gasteiger partial charge in [0.05, 0.1) is 6.42 Å². The molecule has 1 N–H and O–H groups in total. The fourth-order valence-electron chi connectivity index (χ4n) is 3.82. The number of carbonyl (C=O) groups is 2. The lowest BCUT2D eigenvalue weighted by molar-refractivity contribution is -0.141. The number of hydrogen-bond donors (Lipinski definition) is 1. The second-order valence-electron chi connectivity index (χ2n) is 8.68. The predicted molar refractivity (Wildman–Crippen MR) is 134 cm³/mol. The molecule has 3 aromatic rings. The minimum Gasteiger partial charge on any atom is -0.352 e. The average Bonchev–Trinajstić information content (AvgIpc) is 2.77. The van der Waals surface area contributed by atoms with E-state index in [2.05, 4.69) is 5.32 Å². The first-order chi connectivity index (χ1) is 15.8. The van der Waals surface area contributed by atoms with E-state index in [-0.39, 0.29) is 24.3 Å². The van der Waals surface area contributed by atoms with Crippen molar-refractivity contribution in [1.82, 2.24) is 10.2 Å². The van der Waals surface area contributed by atoms with Crippen LogP contribution in [0.5, 0.6) is 0 Å². The Labute approximate surface area is 201 Å². The summed E-state index contributed by atoms with van der Waals surface area (Å²) in [6.45, 7) is 6.18. The second-order valence-corrected chi connectivity index (χ2v) is 9.12. The standard InChI is InChI=1S/C28H31ClN2O2/c1-20(2)30-28(33)26(17-22-9-5-4-6-10-22)31(19-23-12-14-25(29)15-13-23)27(32)18-24-11-7-8-21(3)16-24/h4-16,20,26H,17-19H2,1-3H3,(H,30,33). The molecule has 0 aliphatic carbocycles. The molecule has 0 saturated carbocycles. The first-order valence-corrected chi connectivity index (χ1v) is 11.6. The number of benzene rings is 3. The van der Waals surface area contributed by atoms with Gasteiger partial charge in [-0.15, -0.1) is 0 Å². The summed E-state index contributed by atoms with van der Waals surface area (Å²) in [6, 6.07) is 24.5. The van der Waals surface area contributed by atoms with Gasteiger partial charge < -0.3 is 10.2 Å². The highest BCUT2D eigenvalue weighted by Gasteiger charge is 2.30. The van der Waals surface area contributed by atoms with E-state index >= 15 is 0 Å². The molecule has 0 radical (unpaired) electrons. The van der Waals surface area contributed by atoms with Crippen LogP contribution >= 0.6 is 11.6 Å². The van der Waals surface area contributed by atoms with E-state index in [1.165, 1.54) is 0 Å². The van der Waals surface area contributed by atoms with E-state index in [0.29, 0.717) is 18.0 Å². The summed E-state index contributed by atoms with van der Waals surface area (Å²) in [5.41, 5.74) is 3.96. The average molecular weight is 463 g/mol. The van der Waals surface area contributed by atoms with Crippen LogP contribution in [-0.4, -0.2) is 28.8 Å². The Kier molecular flexibility index (Phi) is 8.67. The molecule has 0 heterocycles. The van der Waals surface area contributed by atoms with Gasteiger partial charge in [-0.3, -0.25) is 9.59 Å². The van der Waals surface area contributed by atoms with Gasteiger partial charge in [-0.25, -0.2) is 0 Å². The van der Waals surface area contributed by atoms with Crippen molar-refractivity contribution < 1.29 is 9.59 Å². The van der Waals surface area contributed by atoms with Crippen molar-refractivity contribution >= 4 is 23.4 Å². The highest BCUT2D eigenvalue weighted by atomic mass is 35.5. The summed E-state index contributed by atoms with van der Waals surface area (Å²) in [5.74, 6) is -0.240. The normalized spacial score (nSPS) is 11.8. The van der Waals surface area contributed by atoms with Crippen LogP contribution in [0.2, 0.25) is 5.02 Å². The summed E-state index contributed by atoms with van der Waals surface area (Å²) in [7, 11) is 0. The topological polar surface area (TPSA) is 49.4 Å². The maximum atomic E-state index is 13.6. The van der Waals surface area contributed by atoms with Gasteiger partial charge in [0, 0.05) is 24.0 Å². The van der Waals surface area contributed by atoms with Crippen LogP contribution in [0.15, 0.2) is 78.9 Å². The zero-order chi connectivity index (χ0) is 23.8. The summed E-state index contributed by atoms with van der Waals surface area (Å²) in [4.78, 5) is 28.7. The number of rotatable bonds is 9. The number of carbonyl (C=O) groups excluding carboxylic acids is 2. The van der Waals surface area contributed by atoms with Crippen LogP contribution in [0.3, 0.4) is 0 Å². The molecule has 33 heavy (non-hydrogen) atoms. The molecule has 0 saturated heterocycles. The molecule has 0 aromatic heterocycles. The molecule has 1 unspecified atom stereocenters.